The molecular formula is C23H23FN6OS2. The molecule has 0 saturated carbocycles. The molecule has 170 valence electrons. The van der Waals surface area contributed by atoms with Crippen molar-refractivity contribution in [2.75, 3.05) is 49.2 Å². The average molecular weight is 483 g/mol. The number of amides is 1. The van der Waals surface area contributed by atoms with Gasteiger partial charge in [0.05, 0.1) is 18.4 Å². The first-order valence-electron chi connectivity index (χ1n) is 10.6. The number of piperazine rings is 1. The number of imidazole rings is 1. The first kappa shape index (κ1) is 21.9. The highest BCUT2D eigenvalue weighted by atomic mass is 32.2. The number of halogens is 1. The van der Waals surface area contributed by atoms with Crippen molar-refractivity contribution in [3.8, 4) is 11.3 Å². The molecule has 0 aliphatic carbocycles. The molecule has 3 heterocycles. The quantitative estimate of drug-likeness (QED) is 0.418. The van der Waals surface area contributed by atoms with Crippen molar-refractivity contribution in [2.24, 2.45) is 0 Å². The largest absolute Gasteiger partial charge is 0.344 e. The van der Waals surface area contributed by atoms with Crippen LogP contribution in [-0.4, -0.2) is 64.4 Å². The lowest BCUT2D eigenvalue weighted by Gasteiger charge is -2.33. The molecule has 1 N–H and O–H groups in total. The van der Waals surface area contributed by atoms with Gasteiger partial charge < -0.3 is 10.2 Å². The van der Waals surface area contributed by atoms with Gasteiger partial charge in [-0.05, 0) is 48.7 Å². The van der Waals surface area contributed by atoms with E-state index in [4.69, 9.17) is 0 Å². The average Bonchev–Trinajstić information content (AvgIpc) is 3.40. The summed E-state index contributed by atoms with van der Waals surface area (Å²) in [6.45, 7) is 3.56. The van der Waals surface area contributed by atoms with Crippen molar-refractivity contribution in [3.63, 3.8) is 0 Å². The second-order valence-corrected chi connectivity index (χ2v) is 9.60. The van der Waals surface area contributed by atoms with E-state index in [1.54, 1.807) is 28.4 Å². The number of thioether (sulfide) groups is 1. The highest BCUT2D eigenvalue weighted by Gasteiger charge is 2.22. The number of carbonyl (C=O) groups is 1. The summed E-state index contributed by atoms with van der Waals surface area (Å²) in [5.74, 6) is -0.260. The minimum atomic E-state index is -0.262. The van der Waals surface area contributed by atoms with Crippen molar-refractivity contribution in [2.45, 2.75) is 4.90 Å². The summed E-state index contributed by atoms with van der Waals surface area (Å²) >= 11 is 3.19. The molecule has 5 rings (SSSR count). The molecule has 4 aromatic rings. The number of carbonyl (C=O) groups excluding carboxylic acids is 1. The van der Waals surface area contributed by atoms with Crippen LogP contribution in [0, 0.1) is 5.82 Å². The van der Waals surface area contributed by atoms with Crippen LogP contribution in [0.1, 0.15) is 0 Å². The van der Waals surface area contributed by atoms with Crippen LogP contribution in [0.4, 0.5) is 15.2 Å². The SMILES string of the molecule is CSc1cccc(NC(=O)CN2CCN(c3nn4cc(-c5ccc(F)cc5)nc4s3)CC2)c1. The van der Waals surface area contributed by atoms with E-state index >= 15 is 0 Å². The van der Waals surface area contributed by atoms with Crippen molar-refractivity contribution >= 4 is 44.8 Å². The summed E-state index contributed by atoms with van der Waals surface area (Å²) in [5, 5.41) is 8.59. The zero-order valence-corrected chi connectivity index (χ0v) is 19.7. The van der Waals surface area contributed by atoms with Gasteiger partial charge in [0.1, 0.15) is 5.82 Å². The Hall–Kier alpha value is -2.95. The van der Waals surface area contributed by atoms with E-state index in [1.807, 2.05) is 36.7 Å². The van der Waals surface area contributed by atoms with E-state index in [-0.39, 0.29) is 11.7 Å². The van der Waals surface area contributed by atoms with Crippen LogP contribution in [0.3, 0.4) is 0 Å². The van der Waals surface area contributed by atoms with Crippen LogP contribution >= 0.6 is 23.1 Å². The Labute approximate surface area is 199 Å². The Balaban J connectivity index is 1.16. The molecular weight excluding hydrogens is 459 g/mol. The fourth-order valence-corrected chi connectivity index (χ4v) is 5.17. The fraction of sp³-hybridized carbons (Fsp3) is 0.261. The molecule has 0 radical (unpaired) electrons. The van der Waals surface area contributed by atoms with E-state index in [0.717, 1.165) is 58.1 Å². The molecule has 0 atom stereocenters. The van der Waals surface area contributed by atoms with Gasteiger partial charge in [-0.2, -0.15) is 0 Å². The molecule has 33 heavy (non-hydrogen) atoms. The third-order valence-corrected chi connectivity index (χ3v) is 7.24. The van der Waals surface area contributed by atoms with Gasteiger partial charge in [-0.15, -0.1) is 16.9 Å². The van der Waals surface area contributed by atoms with Gasteiger partial charge in [0.2, 0.25) is 16.0 Å². The molecule has 1 aliphatic heterocycles. The second kappa shape index (κ2) is 9.50. The van der Waals surface area contributed by atoms with E-state index < -0.39 is 0 Å². The highest BCUT2D eigenvalue weighted by Crippen LogP contribution is 2.27. The van der Waals surface area contributed by atoms with Crippen LogP contribution < -0.4 is 10.2 Å². The number of hydrogen-bond acceptors (Lipinski definition) is 7. The zero-order valence-electron chi connectivity index (χ0n) is 18.1. The topological polar surface area (TPSA) is 65.8 Å². The molecule has 0 bridgehead atoms. The molecule has 1 aliphatic rings. The minimum Gasteiger partial charge on any atom is -0.344 e. The Morgan fingerprint density at radius 2 is 1.94 bits per heavy atom. The summed E-state index contributed by atoms with van der Waals surface area (Å²) in [6.07, 6.45) is 3.89. The van der Waals surface area contributed by atoms with Gasteiger partial charge >= 0.3 is 0 Å². The number of rotatable bonds is 6. The third-order valence-electron chi connectivity index (χ3n) is 5.54. The van der Waals surface area contributed by atoms with Crippen LogP contribution in [0.25, 0.3) is 16.2 Å². The lowest BCUT2D eigenvalue weighted by molar-refractivity contribution is -0.117. The summed E-state index contributed by atoms with van der Waals surface area (Å²) in [6, 6.07) is 14.2. The molecule has 1 fully saturated rings. The maximum atomic E-state index is 13.2. The summed E-state index contributed by atoms with van der Waals surface area (Å²) in [4.78, 5) is 23.4. The molecule has 10 heteroatoms. The predicted molar refractivity (Wildman–Crippen MR) is 132 cm³/mol. The molecule has 1 amide bonds. The smallest absolute Gasteiger partial charge is 0.238 e. The Kier molecular flexibility index (Phi) is 6.30. The van der Waals surface area contributed by atoms with Gasteiger partial charge in [-0.1, -0.05) is 17.4 Å². The first-order chi connectivity index (χ1) is 16.1. The van der Waals surface area contributed by atoms with E-state index in [1.165, 1.54) is 23.5 Å². The summed E-state index contributed by atoms with van der Waals surface area (Å²) in [7, 11) is 0. The van der Waals surface area contributed by atoms with Gasteiger partial charge in [-0.3, -0.25) is 9.69 Å². The number of fused-ring (bicyclic) bond motifs is 1. The van der Waals surface area contributed by atoms with Gasteiger partial charge in [0, 0.05) is 42.3 Å². The maximum absolute atomic E-state index is 13.2. The number of hydrogen-bond donors (Lipinski definition) is 1. The maximum Gasteiger partial charge on any atom is 0.238 e. The van der Waals surface area contributed by atoms with Crippen molar-refractivity contribution in [1.82, 2.24) is 19.5 Å². The van der Waals surface area contributed by atoms with Crippen LogP contribution in [-0.2, 0) is 4.79 Å². The van der Waals surface area contributed by atoms with Crippen LogP contribution in [0.5, 0.6) is 0 Å². The molecule has 0 unspecified atom stereocenters. The zero-order chi connectivity index (χ0) is 22.8. The normalized spacial score (nSPS) is 14.7. The predicted octanol–water partition coefficient (Wildman–Crippen LogP) is 4.08. The van der Waals surface area contributed by atoms with Crippen molar-refractivity contribution in [3.05, 3.63) is 60.5 Å². The lowest BCUT2D eigenvalue weighted by atomic mass is 10.2. The van der Waals surface area contributed by atoms with E-state index in [2.05, 4.69) is 25.2 Å². The van der Waals surface area contributed by atoms with Crippen LogP contribution in [0.15, 0.2) is 59.6 Å². The van der Waals surface area contributed by atoms with Gasteiger partial charge in [0.15, 0.2) is 0 Å². The van der Waals surface area contributed by atoms with E-state index in [0.29, 0.717) is 6.54 Å². The fourth-order valence-electron chi connectivity index (χ4n) is 3.78. The third kappa shape index (κ3) is 5.02. The highest BCUT2D eigenvalue weighted by molar-refractivity contribution is 7.98. The Morgan fingerprint density at radius 3 is 2.67 bits per heavy atom. The number of anilines is 2. The molecule has 2 aromatic carbocycles. The minimum absolute atomic E-state index is 0.00254. The number of nitrogens with zero attached hydrogens (tertiary/aromatic N) is 5. The van der Waals surface area contributed by atoms with Crippen molar-refractivity contribution in [1.29, 1.82) is 0 Å². The molecule has 0 spiro atoms. The second-order valence-electron chi connectivity index (χ2n) is 7.79. The number of aromatic nitrogens is 3. The Bertz CT molecular complexity index is 1230. The first-order valence-corrected chi connectivity index (χ1v) is 12.6. The van der Waals surface area contributed by atoms with Gasteiger partial charge in [0.25, 0.3) is 0 Å². The van der Waals surface area contributed by atoms with Crippen molar-refractivity contribution < 1.29 is 9.18 Å². The molecule has 1 saturated heterocycles. The standard InChI is InChI=1S/C23H23FN6OS2/c1-32-19-4-2-3-18(13-19)25-21(31)15-28-9-11-29(12-10-28)23-27-30-14-20(26-22(30)33-23)16-5-7-17(24)8-6-16/h2-8,13-14H,9-12,15H2,1H3,(H,25,31). The number of nitrogens with one attached hydrogen (secondary N) is 1. The molecule has 7 nitrogen and oxygen atoms in total. The lowest BCUT2D eigenvalue weighted by Crippen LogP contribution is -2.48. The Morgan fingerprint density at radius 1 is 1.15 bits per heavy atom. The summed E-state index contributed by atoms with van der Waals surface area (Å²) < 4.78 is 14.9. The van der Waals surface area contributed by atoms with Gasteiger partial charge in [-0.25, -0.2) is 13.9 Å². The summed E-state index contributed by atoms with van der Waals surface area (Å²) in [5.41, 5.74) is 2.47. The van der Waals surface area contributed by atoms with Crippen LogP contribution in [0.2, 0.25) is 0 Å². The number of benzene rings is 2. The monoisotopic (exact) mass is 482 g/mol. The molecule has 2 aromatic heterocycles. The van der Waals surface area contributed by atoms with E-state index in [9.17, 15) is 9.18 Å².